The fraction of sp³-hybridized carbons (Fsp3) is 0.500. The van der Waals surface area contributed by atoms with Gasteiger partial charge in [-0.1, -0.05) is 17.8 Å². The summed E-state index contributed by atoms with van der Waals surface area (Å²) in [6.07, 6.45) is 1.36. The van der Waals surface area contributed by atoms with E-state index in [0.29, 0.717) is 38.3 Å². The molecule has 0 aliphatic carbocycles. The first kappa shape index (κ1) is 17.8. The topological polar surface area (TPSA) is 75.3 Å². The third kappa shape index (κ3) is 4.34. The van der Waals surface area contributed by atoms with Gasteiger partial charge in [-0.05, 0) is 44.4 Å². The van der Waals surface area contributed by atoms with E-state index in [2.05, 4.69) is 9.97 Å². The molecule has 25 heavy (non-hydrogen) atoms. The molecule has 134 valence electrons. The number of aryl methyl sites for hydroxylation is 1. The molecule has 0 unspecified atom stereocenters. The van der Waals surface area contributed by atoms with Crippen LogP contribution in [-0.2, 0) is 14.3 Å². The first-order valence-electron chi connectivity index (χ1n) is 8.60. The molecule has 0 spiro atoms. The Morgan fingerprint density at radius 2 is 2.12 bits per heavy atom. The number of piperidine rings is 1. The number of aromatic nitrogens is 2. The number of nitrogens with zero attached hydrogens (tertiary/aromatic N) is 2. The Morgan fingerprint density at radius 3 is 2.84 bits per heavy atom. The van der Waals surface area contributed by atoms with Gasteiger partial charge in [0.2, 0.25) is 5.91 Å². The lowest BCUT2D eigenvalue weighted by molar-refractivity contribution is -0.151. The van der Waals surface area contributed by atoms with Crippen LogP contribution in [0.1, 0.15) is 25.3 Å². The van der Waals surface area contributed by atoms with Crippen molar-refractivity contribution >= 4 is 34.7 Å². The van der Waals surface area contributed by atoms with Crippen molar-refractivity contribution < 1.29 is 14.3 Å². The second kappa shape index (κ2) is 7.91. The fourth-order valence-electron chi connectivity index (χ4n) is 3.01. The number of hydrogen-bond donors (Lipinski definition) is 1. The molecule has 0 saturated carbocycles. The van der Waals surface area contributed by atoms with Crippen LogP contribution in [0, 0.1) is 12.8 Å². The van der Waals surface area contributed by atoms with E-state index in [1.165, 1.54) is 17.3 Å². The van der Waals surface area contributed by atoms with Gasteiger partial charge in [0.15, 0.2) is 5.16 Å². The molecule has 1 saturated heterocycles. The summed E-state index contributed by atoms with van der Waals surface area (Å²) in [4.78, 5) is 33.7. The van der Waals surface area contributed by atoms with Crippen LogP contribution < -0.4 is 0 Å². The number of aromatic amines is 1. The van der Waals surface area contributed by atoms with Crippen molar-refractivity contribution in [2.75, 3.05) is 25.4 Å². The van der Waals surface area contributed by atoms with Crippen LogP contribution in [0.25, 0.3) is 11.0 Å². The molecule has 1 aromatic carbocycles. The molecule has 3 rings (SSSR count). The van der Waals surface area contributed by atoms with Crippen molar-refractivity contribution in [3.8, 4) is 0 Å². The Kier molecular flexibility index (Phi) is 5.63. The first-order chi connectivity index (χ1) is 12.1. The van der Waals surface area contributed by atoms with Crippen molar-refractivity contribution in [1.29, 1.82) is 0 Å². The van der Waals surface area contributed by atoms with E-state index in [4.69, 9.17) is 4.74 Å². The normalized spacial score (nSPS) is 15.5. The van der Waals surface area contributed by atoms with Gasteiger partial charge in [-0.2, -0.15) is 0 Å². The predicted molar refractivity (Wildman–Crippen MR) is 97.5 cm³/mol. The van der Waals surface area contributed by atoms with E-state index in [-0.39, 0.29) is 17.8 Å². The molecule has 1 aliphatic heterocycles. The minimum Gasteiger partial charge on any atom is -0.466 e. The monoisotopic (exact) mass is 361 g/mol. The predicted octanol–water partition coefficient (Wildman–Crippen LogP) is 2.77. The van der Waals surface area contributed by atoms with E-state index in [1.807, 2.05) is 36.9 Å². The van der Waals surface area contributed by atoms with Crippen LogP contribution >= 0.6 is 11.8 Å². The van der Waals surface area contributed by atoms with Crippen molar-refractivity contribution in [1.82, 2.24) is 14.9 Å². The highest BCUT2D eigenvalue weighted by molar-refractivity contribution is 7.99. The number of nitrogens with one attached hydrogen (secondary N) is 1. The standard InChI is InChI=1S/C18H23N3O3S/c1-3-24-17(23)13-6-8-21(9-7-13)16(22)11-25-18-19-14-5-4-12(2)10-15(14)20-18/h4-5,10,13H,3,6-9,11H2,1-2H3,(H,19,20). The highest BCUT2D eigenvalue weighted by Crippen LogP contribution is 2.23. The molecule has 0 radical (unpaired) electrons. The Hall–Kier alpha value is -2.02. The number of thioether (sulfide) groups is 1. The fourth-order valence-corrected chi connectivity index (χ4v) is 3.80. The third-order valence-corrected chi connectivity index (χ3v) is 5.27. The van der Waals surface area contributed by atoms with E-state index >= 15 is 0 Å². The number of H-pyrrole nitrogens is 1. The summed E-state index contributed by atoms with van der Waals surface area (Å²) in [5, 5.41) is 0.760. The maximum Gasteiger partial charge on any atom is 0.309 e. The van der Waals surface area contributed by atoms with Crippen molar-refractivity contribution in [2.45, 2.75) is 31.8 Å². The minimum absolute atomic E-state index is 0.0738. The molecule has 0 bridgehead atoms. The van der Waals surface area contributed by atoms with Gasteiger partial charge in [-0.25, -0.2) is 4.98 Å². The summed E-state index contributed by atoms with van der Waals surface area (Å²) in [7, 11) is 0. The number of likely N-dealkylation sites (tertiary alicyclic amines) is 1. The average molecular weight is 361 g/mol. The number of imidazole rings is 1. The van der Waals surface area contributed by atoms with E-state index in [1.54, 1.807) is 0 Å². The quantitative estimate of drug-likeness (QED) is 0.655. The van der Waals surface area contributed by atoms with Gasteiger partial charge in [0.05, 0.1) is 29.3 Å². The summed E-state index contributed by atoms with van der Waals surface area (Å²) in [5.74, 6) is 0.226. The van der Waals surface area contributed by atoms with Crippen LogP contribution in [0.2, 0.25) is 0 Å². The van der Waals surface area contributed by atoms with E-state index in [9.17, 15) is 9.59 Å². The van der Waals surface area contributed by atoms with E-state index in [0.717, 1.165) is 16.2 Å². The van der Waals surface area contributed by atoms with Crippen LogP contribution in [-0.4, -0.2) is 52.2 Å². The molecule has 1 amide bonds. The Balaban J connectivity index is 1.50. The Morgan fingerprint density at radius 1 is 1.36 bits per heavy atom. The number of fused-ring (bicyclic) bond motifs is 1. The van der Waals surface area contributed by atoms with Gasteiger partial charge in [-0.15, -0.1) is 0 Å². The molecule has 6 nitrogen and oxygen atoms in total. The van der Waals surface area contributed by atoms with Gasteiger partial charge in [0.1, 0.15) is 0 Å². The second-order valence-electron chi connectivity index (χ2n) is 6.26. The number of amides is 1. The second-order valence-corrected chi connectivity index (χ2v) is 7.22. The van der Waals surface area contributed by atoms with Crippen LogP contribution in [0.5, 0.6) is 0 Å². The van der Waals surface area contributed by atoms with E-state index < -0.39 is 0 Å². The number of benzene rings is 1. The van der Waals surface area contributed by atoms with Crippen molar-refractivity contribution in [2.24, 2.45) is 5.92 Å². The number of carbonyl (C=O) groups is 2. The summed E-state index contributed by atoms with van der Waals surface area (Å²) in [5.41, 5.74) is 3.08. The van der Waals surface area contributed by atoms with Gasteiger partial charge in [0, 0.05) is 13.1 Å². The number of hydrogen-bond acceptors (Lipinski definition) is 5. The van der Waals surface area contributed by atoms with Crippen LogP contribution in [0.3, 0.4) is 0 Å². The number of carbonyl (C=O) groups excluding carboxylic acids is 2. The smallest absolute Gasteiger partial charge is 0.309 e. The van der Waals surface area contributed by atoms with Gasteiger partial charge < -0.3 is 14.6 Å². The van der Waals surface area contributed by atoms with Crippen LogP contribution in [0.15, 0.2) is 23.4 Å². The molecule has 1 aromatic heterocycles. The van der Waals surface area contributed by atoms with Gasteiger partial charge in [-0.3, -0.25) is 9.59 Å². The SMILES string of the molecule is CCOC(=O)C1CCN(C(=O)CSc2nc3ccc(C)cc3[nH]2)CC1. The first-order valence-corrected chi connectivity index (χ1v) is 9.59. The molecule has 1 fully saturated rings. The lowest BCUT2D eigenvalue weighted by Gasteiger charge is -2.30. The largest absolute Gasteiger partial charge is 0.466 e. The molecule has 2 aromatic rings. The lowest BCUT2D eigenvalue weighted by atomic mass is 9.97. The number of esters is 1. The molecule has 2 heterocycles. The molecule has 7 heteroatoms. The summed E-state index contributed by atoms with van der Waals surface area (Å²) < 4.78 is 5.06. The zero-order chi connectivity index (χ0) is 17.8. The third-order valence-electron chi connectivity index (χ3n) is 4.42. The molecular weight excluding hydrogens is 338 g/mol. The Labute approximate surface area is 151 Å². The summed E-state index contributed by atoms with van der Waals surface area (Å²) in [6.45, 7) is 5.49. The molecular formula is C18H23N3O3S. The van der Waals surface area contributed by atoms with Crippen molar-refractivity contribution in [3.63, 3.8) is 0 Å². The molecule has 1 aliphatic rings. The average Bonchev–Trinajstić information content (AvgIpc) is 3.02. The number of rotatable bonds is 5. The molecule has 1 N–H and O–H groups in total. The van der Waals surface area contributed by atoms with Crippen molar-refractivity contribution in [3.05, 3.63) is 23.8 Å². The van der Waals surface area contributed by atoms with Gasteiger partial charge in [0.25, 0.3) is 0 Å². The zero-order valence-corrected chi connectivity index (χ0v) is 15.4. The number of ether oxygens (including phenoxy) is 1. The summed E-state index contributed by atoms with van der Waals surface area (Å²) >= 11 is 1.42. The molecule has 0 atom stereocenters. The minimum atomic E-state index is -0.137. The lowest BCUT2D eigenvalue weighted by Crippen LogP contribution is -2.41. The summed E-state index contributed by atoms with van der Waals surface area (Å²) in [6, 6.07) is 6.05. The Bertz CT molecular complexity index is 766. The van der Waals surface area contributed by atoms with Crippen LogP contribution in [0.4, 0.5) is 0 Å². The highest BCUT2D eigenvalue weighted by Gasteiger charge is 2.28. The highest BCUT2D eigenvalue weighted by atomic mass is 32.2. The van der Waals surface area contributed by atoms with Gasteiger partial charge >= 0.3 is 5.97 Å². The zero-order valence-electron chi connectivity index (χ0n) is 14.6. The maximum atomic E-state index is 12.4. The maximum absolute atomic E-state index is 12.4.